The van der Waals surface area contributed by atoms with Crippen molar-refractivity contribution in [3.05, 3.63) is 0 Å². The van der Waals surface area contributed by atoms with Crippen LogP contribution in [0.4, 0.5) is 0 Å². The molecule has 0 saturated carbocycles. The molecule has 0 aromatic heterocycles. The maximum Gasteiger partial charge on any atom is 0.329 e. The van der Waals surface area contributed by atoms with Crippen LogP contribution in [0.25, 0.3) is 0 Å². The molecule has 0 aromatic rings. The Morgan fingerprint density at radius 2 is 2.11 bits per heavy atom. The summed E-state index contributed by atoms with van der Waals surface area (Å²) in [7, 11) is 0. The normalized spacial score (nSPS) is 27.8. The molecule has 1 fully saturated rings. The van der Waals surface area contributed by atoms with Crippen molar-refractivity contribution >= 4 is 11.9 Å². The molecule has 0 radical (unpaired) electrons. The van der Waals surface area contributed by atoms with Crippen LogP contribution in [0.2, 0.25) is 0 Å². The molecule has 5 heteroatoms. The molecule has 0 spiro atoms. The van der Waals surface area contributed by atoms with Crippen LogP contribution >= 0.6 is 0 Å². The number of likely N-dealkylation sites (N-methyl/N-ethyl adjacent to an activating group) is 1. The third-order valence-electron chi connectivity index (χ3n) is 3.66. The Morgan fingerprint density at radius 3 is 2.56 bits per heavy atom. The first-order valence-corrected chi connectivity index (χ1v) is 6.61. The Balaban J connectivity index is 2.98. The molecule has 2 atom stereocenters. The van der Waals surface area contributed by atoms with E-state index in [4.69, 9.17) is 4.74 Å². The maximum atomic E-state index is 11.7. The average Bonchev–Trinajstić information content (AvgIpc) is 2.30. The van der Waals surface area contributed by atoms with Crippen LogP contribution in [-0.2, 0) is 14.3 Å². The Morgan fingerprint density at radius 1 is 1.44 bits per heavy atom. The molecule has 1 aliphatic rings. The highest BCUT2D eigenvalue weighted by Crippen LogP contribution is 2.33. The Hall–Kier alpha value is -1.10. The van der Waals surface area contributed by atoms with Crippen molar-refractivity contribution in [1.82, 2.24) is 4.90 Å². The summed E-state index contributed by atoms with van der Waals surface area (Å²) >= 11 is 0. The summed E-state index contributed by atoms with van der Waals surface area (Å²) in [4.78, 5) is 24.8. The molecule has 1 N–H and O–H groups in total. The van der Waals surface area contributed by atoms with Gasteiger partial charge in [0.15, 0.2) is 0 Å². The lowest BCUT2D eigenvalue weighted by Crippen LogP contribution is -2.60. The minimum absolute atomic E-state index is 0.0618. The number of aliphatic carboxylic acids is 1. The third kappa shape index (κ3) is 2.83. The molecule has 2 unspecified atom stereocenters. The number of carbonyl (C=O) groups excluding carboxylic acids is 1. The summed E-state index contributed by atoms with van der Waals surface area (Å²) in [5.41, 5.74) is -1.08. The quantitative estimate of drug-likeness (QED) is 0.813. The number of carboxylic acids is 1. The number of nitrogens with zero attached hydrogens (tertiary/aromatic N) is 1. The maximum absolute atomic E-state index is 11.7. The van der Waals surface area contributed by atoms with Gasteiger partial charge in [0.1, 0.15) is 5.54 Å². The lowest BCUT2D eigenvalue weighted by Gasteiger charge is -2.44. The van der Waals surface area contributed by atoms with Gasteiger partial charge in [-0.25, -0.2) is 4.79 Å². The van der Waals surface area contributed by atoms with Crippen LogP contribution in [0.5, 0.6) is 0 Å². The van der Waals surface area contributed by atoms with Gasteiger partial charge in [0, 0.05) is 32.9 Å². The van der Waals surface area contributed by atoms with Crippen molar-refractivity contribution in [2.24, 2.45) is 0 Å². The van der Waals surface area contributed by atoms with Crippen LogP contribution < -0.4 is 0 Å². The second-order valence-electron chi connectivity index (χ2n) is 4.84. The first kappa shape index (κ1) is 15.0. The summed E-state index contributed by atoms with van der Waals surface area (Å²) in [6.07, 6.45) is 2.49. The molecule has 1 saturated heterocycles. The molecule has 1 amide bonds. The van der Waals surface area contributed by atoms with Gasteiger partial charge in [0.2, 0.25) is 5.91 Å². The Labute approximate surface area is 108 Å². The molecule has 1 rings (SSSR count). The number of amides is 1. The van der Waals surface area contributed by atoms with Crippen LogP contribution in [0, 0.1) is 0 Å². The van der Waals surface area contributed by atoms with E-state index in [1.165, 1.54) is 11.8 Å². The Kier molecular flexibility index (Phi) is 5.14. The van der Waals surface area contributed by atoms with E-state index in [1.807, 2.05) is 13.8 Å². The highest BCUT2D eigenvalue weighted by Gasteiger charge is 2.48. The molecule has 104 valence electrons. The van der Waals surface area contributed by atoms with Crippen LogP contribution in [0.15, 0.2) is 0 Å². The van der Waals surface area contributed by atoms with Gasteiger partial charge in [-0.1, -0.05) is 13.3 Å². The number of rotatable bonds is 5. The first-order valence-electron chi connectivity index (χ1n) is 6.61. The van der Waals surface area contributed by atoms with E-state index in [0.29, 0.717) is 26.0 Å². The summed E-state index contributed by atoms with van der Waals surface area (Å²) < 4.78 is 5.60. The predicted molar refractivity (Wildman–Crippen MR) is 67.3 cm³/mol. The summed E-state index contributed by atoms with van der Waals surface area (Å²) in [5, 5.41) is 9.58. The fourth-order valence-corrected chi connectivity index (χ4v) is 2.82. The minimum Gasteiger partial charge on any atom is -0.479 e. The summed E-state index contributed by atoms with van der Waals surface area (Å²) in [6, 6.07) is 0. The fourth-order valence-electron chi connectivity index (χ4n) is 2.82. The van der Waals surface area contributed by atoms with Gasteiger partial charge in [0.05, 0.1) is 6.10 Å². The van der Waals surface area contributed by atoms with Crippen molar-refractivity contribution in [2.45, 2.75) is 58.1 Å². The molecule has 0 aromatic carbocycles. The van der Waals surface area contributed by atoms with Gasteiger partial charge in [-0.2, -0.15) is 0 Å². The first-order chi connectivity index (χ1) is 8.47. The van der Waals surface area contributed by atoms with Crippen molar-refractivity contribution in [3.8, 4) is 0 Å². The third-order valence-corrected chi connectivity index (χ3v) is 3.66. The zero-order chi connectivity index (χ0) is 13.8. The second-order valence-corrected chi connectivity index (χ2v) is 4.84. The van der Waals surface area contributed by atoms with Crippen molar-refractivity contribution < 1.29 is 19.4 Å². The topological polar surface area (TPSA) is 66.8 Å². The van der Waals surface area contributed by atoms with Crippen molar-refractivity contribution in [1.29, 1.82) is 0 Å². The zero-order valence-corrected chi connectivity index (χ0v) is 11.4. The van der Waals surface area contributed by atoms with Crippen molar-refractivity contribution in [3.63, 3.8) is 0 Å². The van der Waals surface area contributed by atoms with Gasteiger partial charge in [-0.3, -0.25) is 4.79 Å². The summed E-state index contributed by atoms with van der Waals surface area (Å²) in [6.45, 7) is 6.11. The van der Waals surface area contributed by atoms with Crippen LogP contribution in [-0.4, -0.2) is 46.7 Å². The van der Waals surface area contributed by atoms with Crippen LogP contribution in [0.1, 0.15) is 46.5 Å². The Bertz CT molecular complexity index is 316. The highest BCUT2D eigenvalue weighted by atomic mass is 16.5. The number of hydrogen-bond acceptors (Lipinski definition) is 3. The smallest absolute Gasteiger partial charge is 0.329 e. The predicted octanol–water partition coefficient (Wildman–Crippen LogP) is 1.66. The molecular weight excluding hydrogens is 234 g/mol. The van der Waals surface area contributed by atoms with Gasteiger partial charge < -0.3 is 14.7 Å². The monoisotopic (exact) mass is 257 g/mol. The molecular formula is C13H23NO4. The van der Waals surface area contributed by atoms with Gasteiger partial charge in [-0.15, -0.1) is 0 Å². The molecule has 1 heterocycles. The van der Waals surface area contributed by atoms with Crippen molar-refractivity contribution in [2.75, 3.05) is 13.2 Å². The molecule has 5 nitrogen and oxygen atoms in total. The van der Waals surface area contributed by atoms with Gasteiger partial charge >= 0.3 is 5.97 Å². The largest absolute Gasteiger partial charge is 0.479 e. The van der Waals surface area contributed by atoms with Crippen LogP contribution in [0.3, 0.4) is 0 Å². The second kappa shape index (κ2) is 6.18. The average molecular weight is 257 g/mol. The lowest BCUT2D eigenvalue weighted by atomic mass is 9.83. The minimum atomic E-state index is -1.08. The van der Waals surface area contributed by atoms with E-state index >= 15 is 0 Å². The number of carboxylic acid groups (broad SMARTS) is 1. The van der Waals surface area contributed by atoms with E-state index in [0.717, 1.165) is 12.8 Å². The number of hydrogen-bond donors (Lipinski definition) is 1. The standard InChI is InChI=1S/C13H23NO4/c1-4-6-11-9-13(12(16)17,7-8-18-11)14(5-2)10(3)15/h11H,4-9H2,1-3H3,(H,16,17). The molecule has 18 heavy (non-hydrogen) atoms. The summed E-state index contributed by atoms with van der Waals surface area (Å²) in [5.74, 6) is -1.10. The SMILES string of the molecule is CCCC1CC(C(=O)O)(N(CC)C(C)=O)CCO1. The fraction of sp³-hybridized carbons (Fsp3) is 0.846. The van der Waals surface area contributed by atoms with E-state index in [1.54, 1.807) is 0 Å². The molecule has 1 aliphatic heterocycles. The van der Waals surface area contributed by atoms with Gasteiger partial charge in [0.25, 0.3) is 0 Å². The van der Waals surface area contributed by atoms with E-state index in [2.05, 4.69) is 0 Å². The van der Waals surface area contributed by atoms with Gasteiger partial charge in [-0.05, 0) is 13.3 Å². The number of ether oxygens (including phenoxy) is 1. The lowest BCUT2D eigenvalue weighted by molar-refractivity contribution is -0.170. The zero-order valence-electron chi connectivity index (χ0n) is 11.4. The highest BCUT2D eigenvalue weighted by molar-refractivity contribution is 5.86. The van der Waals surface area contributed by atoms with E-state index in [9.17, 15) is 14.7 Å². The van der Waals surface area contributed by atoms with E-state index < -0.39 is 11.5 Å². The molecule has 0 aliphatic carbocycles. The van der Waals surface area contributed by atoms with E-state index in [-0.39, 0.29) is 12.0 Å². The molecule has 0 bridgehead atoms. The number of carbonyl (C=O) groups is 2.